The third kappa shape index (κ3) is 4.16. The molecule has 43 heavy (non-hydrogen) atoms. The van der Waals surface area contributed by atoms with E-state index < -0.39 is 0 Å². The fourth-order valence-corrected chi connectivity index (χ4v) is 7.35. The summed E-state index contributed by atoms with van der Waals surface area (Å²) in [6.07, 6.45) is 0. The lowest BCUT2D eigenvalue weighted by Gasteiger charge is -2.42. The second kappa shape index (κ2) is 10.0. The van der Waals surface area contributed by atoms with Gasteiger partial charge in [0.25, 0.3) is 0 Å². The van der Waals surface area contributed by atoms with Crippen molar-refractivity contribution >= 4 is 38.5 Å². The van der Waals surface area contributed by atoms with E-state index in [0.29, 0.717) is 17.5 Å². The van der Waals surface area contributed by atoms with E-state index >= 15 is 0 Å². The summed E-state index contributed by atoms with van der Waals surface area (Å²) in [6, 6.07) is 46.5. The Labute approximate surface area is 255 Å². The van der Waals surface area contributed by atoms with Gasteiger partial charge in [0.15, 0.2) is 17.5 Å². The van der Waals surface area contributed by atoms with Crippen LogP contribution in [0.25, 0.3) is 43.6 Å². The predicted octanol–water partition coefficient (Wildman–Crippen LogP) is 10.2. The normalized spacial score (nSPS) is 13.5. The van der Waals surface area contributed by atoms with Gasteiger partial charge in [-0.15, -0.1) is 11.3 Å². The quantitative estimate of drug-likeness (QED) is 0.210. The fraction of sp³-hybridized carbons (Fsp3) is 0.0789. The van der Waals surface area contributed by atoms with E-state index in [1.54, 1.807) is 11.3 Å². The van der Waals surface area contributed by atoms with E-state index in [4.69, 9.17) is 15.0 Å². The molecule has 5 heteroatoms. The summed E-state index contributed by atoms with van der Waals surface area (Å²) in [5.74, 6) is 1.99. The van der Waals surface area contributed by atoms with E-state index in [-0.39, 0.29) is 5.41 Å². The lowest BCUT2D eigenvalue weighted by molar-refractivity contribution is 0.632. The summed E-state index contributed by atoms with van der Waals surface area (Å²) in [6.45, 7) is 4.64. The first kappa shape index (κ1) is 25.6. The minimum Gasteiger partial charge on any atom is -0.308 e. The van der Waals surface area contributed by atoms with Gasteiger partial charge in [0.05, 0.1) is 21.9 Å². The number of nitrogens with zero attached hydrogens (tertiary/aromatic N) is 4. The molecule has 0 N–H and O–H groups in total. The van der Waals surface area contributed by atoms with Gasteiger partial charge >= 0.3 is 0 Å². The molecule has 0 fully saturated rings. The van der Waals surface area contributed by atoms with Gasteiger partial charge in [0.1, 0.15) is 0 Å². The van der Waals surface area contributed by atoms with Crippen molar-refractivity contribution in [1.29, 1.82) is 0 Å². The molecule has 0 aliphatic carbocycles. The molecule has 0 spiro atoms. The molecule has 0 atom stereocenters. The van der Waals surface area contributed by atoms with Crippen molar-refractivity contribution in [3.8, 4) is 33.5 Å². The highest BCUT2D eigenvalue weighted by atomic mass is 32.1. The van der Waals surface area contributed by atoms with Crippen LogP contribution >= 0.6 is 11.3 Å². The van der Waals surface area contributed by atoms with Gasteiger partial charge in [0.2, 0.25) is 0 Å². The Bertz CT molecular complexity index is 2010. The predicted molar refractivity (Wildman–Crippen MR) is 178 cm³/mol. The second-order valence-electron chi connectivity index (χ2n) is 11.3. The van der Waals surface area contributed by atoms with Crippen LogP contribution in [-0.2, 0) is 5.41 Å². The zero-order chi connectivity index (χ0) is 29.0. The van der Waals surface area contributed by atoms with Crippen molar-refractivity contribution in [3.63, 3.8) is 0 Å². The average Bonchev–Trinajstić information content (AvgIpc) is 3.45. The molecule has 4 nitrogen and oxygen atoms in total. The zero-order valence-corrected chi connectivity index (χ0v) is 24.7. The highest BCUT2D eigenvalue weighted by Crippen LogP contribution is 2.56. The van der Waals surface area contributed by atoms with Gasteiger partial charge < -0.3 is 4.90 Å². The van der Waals surface area contributed by atoms with E-state index in [1.807, 2.05) is 36.4 Å². The number of benzene rings is 5. The maximum Gasteiger partial charge on any atom is 0.176 e. The highest BCUT2D eigenvalue weighted by Gasteiger charge is 2.38. The minimum absolute atomic E-state index is 0.149. The number of anilines is 3. The Morgan fingerprint density at radius 3 is 1.56 bits per heavy atom. The molecular formula is C38H28N4S. The maximum atomic E-state index is 5.15. The summed E-state index contributed by atoms with van der Waals surface area (Å²) >= 11 is 1.73. The number of fused-ring (bicyclic) bond motifs is 3. The van der Waals surface area contributed by atoms with Gasteiger partial charge in [-0.05, 0) is 29.3 Å². The number of aromatic nitrogens is 3. The van der Waals surface area contributed by atoms with Crippen molar-refractivity contribution in [2.75, 3.05) is 4.90 Å². The van der Waals surface area contributed by atoms with E-state index in [2.05, 4.69) is 116 Å². The van der Waals surface area contributed by atoms with Crippen LogP contribution in [0, 0.1) is 0 Å². The second-order valence-corrected chi connectivity index (χ2v) is 12.4. The summed E-state index contributed by atoms with van der Waals surface area (Å²) in [5.41, 5.74) is 7.81. The Balaban J connectivity index is 1.45. The third-order valence-electron chi connectivity index (χ3n) is 8.33. The maximum absolute atomic E-state index is 5.15. The number of hydrogen-bond donors (Lipinski definition) is 0. The van der Waals surface area contributed by atoms with Crippen LogP contribution in [0.5, 0.6) is 0 Å². The van der Waals surface area contributed by atoms with Crippen LogP contribution in [0.3, 0.4) is 0 Å². The SMILES string of the molecule is CC1(C)c2ccccc2N(c2c(-c3nc(-c4ccccc4)nc(-c4ccccc4)n3)sc3ccccc23)c2ccccc21. The standard InChI is InChI=1S/C38H28N4S/c1-38(2)28-20-10-12-22-30(28)42(31-23-13-11-21-29(31)38)33-27-19-9-14-24-32(27)43-34(33)37-40-35(25-15-5-3-6-16-25)39-36(41-37)26-17-7-4-8-18-26/h3-24H,1-2H3. The molecule has 3 heterocycles. The largest absolute Gasteiger partial charge is 0.308 e. The van der Waals surface area contributed by atoms with Crippen LogP contribution in [0.2, 0.25) is 0 Å². The molecule has 0 radical (unpaired) electrons. The van der Waals surface area contributed by atoms with Crippen molar-refractivity contribution in [2.24, 2.45) is 0 Å². The van der Waals surface area contributed by atoms with Crippen LogP contribution in [0.15, 0.2) is 133 Å². The van der Waals surface area contributed by atoms with E-state index in [9.17, 15) is 0 Å². The van der Waals surface area contributed by atoms with Crippen molar-refractivity contribution in [1.82, 2.24) is 15.0 Å². The van der Waals surface area contributed by atoms with Gasteiger partial charge in [-0.25, -0.2) is 15.0 Å². The molecular weight excluding hydrogens is 545 g/mol. The Morgan fingerprint density at radius 1 is 0.512 bits per heavy atom. The molecule has 8 rings (SSSR count). The first-order chi connectivity index (χ1) is 21.1. The Morgan fingerprint density at radius 2 is 0.977 bits per heavy atom. The summed E-state index contributed by atoms with van der Waals surface area (Å²) in [5, 5.41) is 1.18. The molecule has 0 unspecified atom stereocenters. The smallest absolute Gasteiger partial charge is 0.176 e. The number of hydrogen-bond acceptors (Lipinski definition) is 5. The number of para-hydroxylation sites is 2. The first-order valence-electron chi connectivity index (χ1n) is 14.5. The lowest BCUT2D eigenvalue weighted by Crippen LogP contribution is -2.30. The minimum atomic E-state index is -0.149. The monoisotopic (exact) mass is 572 g/mol. The summed E-state index contributed by atoms with van der Waals surface area (Å²) < 4.78 is 1.19. The molecule has 0 saturated heterocycles. The van der Waals surface area contributed by atoms with Crippen LogP contribution < -0.4 is 4.90 Å². The summed E-state index contributed by atoms with van der Waals surface area (Å²) in [7, 11) is 0. The van der Waals surface area contributed by atoms with Gasteiger partial charge in [0, 0.05) is 26.6 Å². The molecule has 0 saturated carbocycles. The molecule has 0 amide bonds. The Kier molecular flexibility index (Phi) is 5.95. The highest BCUT2D eigenvalue weighted by molar-refractivity contribution is 7.23. The molecule has 1 aliphatic rings. The molecule has 1 aliphatic heterocycles. The van der Waals surface area contributed by atoms with E-state index in [0.717, 1.165) is 21.7 Å². The van der Waals surface area contributed by atoms with Crippen LogP contribution in [-0.4, -0.2) is 15.0 Å². The van der Waals surface area contributed by atoms with Crippen LogP contribution in [0.4, 0.5) is 17.1 Å². The van der Waals surface area contributed by atoms with Crippen molar-refractivity contribution in [3.05, 3.63) is 145 Å². The average molecular weight is 573 g/mol. The first-order valence-corrected chi connectivity index (χ1v) is 15.3. The Hall–Kier alpha value is -5.13. The molecule has 2 aromatic heterocycles. The third-order valence-corrected chi connectivity index (χ3v) is 9.49. The molecule has 206 valence electrons. The lowest BCUT2D eigenvalue weighted by atomic mass is 9.73. The van der Waals surface area contributed by atoms with Crippen molar-refractivity contribution < 1.29 is 0 Å². The number of thiophene rings is 1. The van der Waals surface area contributed by atoms with Crippen LogP contribution in [0.1, 0.15) is 25.0 Å². The fourth-order valence-electron chi connectivity index (χ4n) is 6.23. The molecule has 5 aromatic carbocycles. The van der Waals surface area contributed by atoms with E-state index in [1.165, 1.54) is 32.6 Å². The number of rotatable bonds is 4. The summed E-state index contributed by atoms with van der Waals surface area (Å²) in [4.78, 5) is 18.7. The molecule has 0 bridgehead atoms. The topological polar surface area (TPSA) is 41.9 Å². The zero-order valence-electron chi connectivity index (χ0n) is 23.9. The van der Waals surface area contributed by atoms with Crippen molar-refractivity contribution in [2.45, 2.75) is 19.3 Å². The van der Waals surface area contributed by atoms with Gasteiger partial charge in [-0.1, -0.05) is 129 Å². The van der Waals surface area contributed by atoms with Gasteiger partial charge in [-0.3, -0.25) is 0 Å². The van der Waals surface area contributed by atoms with Gasteiger partial charge in [-0.2, -0.15) is 0 Å². The molecule has 7 aromatic rings.